The minimum Gasteiger partial charge on any atom is -0.497 e. The molecule has 0 atom stereocenters. The molecule has 0 bridgehead atoms. The van der Waals surface area contributed by atoms with Gasteiger partial charge in [0.25, 0.3) is 0 Å². The summed E-state index contributed by atoms with van der Waals surface area (Å²) < 4.78 is 5.13. The van der Waals surface area contributed by atoms with E-state index in [2.05, 4.69) is 22.2 Å². The molecule has 0 aliphatic carbocycles. The Morgan fingerprint density at radius 2 is 1.95 bits per heavy atom. The van der Waals surface area contributed by atoms with Gasteiger partial charge in [-0.3, -0.25) is 0 Å². The number of nitrogens with zero attached hydrogens (tertiary/aromatic N) is 2. The number of anilines is 3. The summed E-state index contributed by atoms with van der Waals surface area (Å²) in [7, 11) is 1.65. The highest BCUT2D eigenvalue weighted by Gasteiger charge is 2.08. The predicted molar refractivity (Wildman–Crippen MR) is 76.7 cm³/mol. The second-order valence-corrected chi connectivity index (χ2v) is 4.19. The van der Waals surface area contributed by atoms with Gasteiger partial charge in [-0.1, -0.05) is 13.3 Å². The molecule has 0 spiro atoms. The van der Waals surface area contributed by atoms with E-state index >= 15 is 0 Å². The summed E-state index contributed by atoms with van der Waals surface area (Å²) in [5.74, 6) is 2.12. The first kappa shape index (κ1) is 13.1. The van der Waals surface area contributed by atoms with Gasteiger partial charge in [-0.2, -0.15) is 0 Å². The fourth-order valence-corrected chi connectivity index (χ4v) is 1.84. The average Bonchev–Trinajstić information content (AvgIpc) is 2.43. The summed E-state index contributed by atoms with van der Waals surface area (Å²) in [6.45, 7) is 2.10. The first-order valence-electron chi connectivity index (χ1n) is 6.25. The van der Waals surface area contributed by atoms with Crippen molar-refractivity contribution in [1.29, 1.82) is 0 Å². The number of nitrogens with one attached hydrogen (secondary N) is 1. The number of methoxy groups -OCH3 is 1. The number of hydrogen-bond donors (Lipinski definition) is 2. The van der Waals surface area contributed by atoms with Gasteiger partial charge in [0.05, 0.1) is 7.11 Å². The van der Waals surface area contributed by atoms with E-state index in [9.17, 15) is 0 Å². The highest BCUT2D eigenvalue weighted by Crippen LogP contribution is 2.24. The molecule has 0 fully saturated rings. The van der Waals surface area contributed by atoms with Gasteiger partial charge in [-0.05, 0) is 30.7 Å². The molecule has 0 unspecified atom stereocenters. The van der Waals surface area contributed by atoms with Crippen molar-refractivity contribution in [2.75, 3.05) is 18.2 Å². The number of nitrogen functional groups attached to an aromatic ring is 1. The van der Waals surface area contributed by atoms with Gasteiger partial charge < -0.3 is 15.8 Å². The van der Waals surface area contributed by atoms with Crippen LogP contribution in [-0.4, -0.2) is 17.1 Å². The fraction of sp³-hybridized carbons (Fsp3) is 0.286. The number of rotatable bonds is 5. The van der Waals surface area contributed by atoms with Crippen molar-refractivity contribution in [3.63, 3.8) is 0 Å². The first-order valence-corrected chi connectivity index (χ1v) is 6.25. The lowest BCUT2D eigenvalue weighted by Crippen LogP contribution is -2.05. The molecule has 0 aliphatic heterocycles. The minimum atomic E-state index is 0.535. The molecule has 3 N–H and O–H groups in total. The number of aromatic nitrogens is 2. The molecule has 2 rings (SSSR count). The van der Waals surface area contributed by atoms with Gasteiger partial charge in [0.2, 0.25) is 0 Å². The van der Waals surface area contributed by atoms with Gasteiger partial charge in [0, 0.05) is 11.3 Å². The van der Waals surface area contributed by atoms with Gasteiger partial charge >= 0.3 is 0 Å². The molecule has 100 valence electrons. The Labute approximate surface area is 112 Å². The molecular weight excluding hydrogens is 240 g/mol. The number of ether oxygens (including phenoxy) is 1. The second kappa shape index (κ2) is 6.04. The molecule has 0 saturated carbocycles. The number of nitrogens with two attached hydrogens (primary N) is 1. The van der Waals surface area contributed by atoms with E-state index in [1.54, 1.807) is 7.11 Å². The van der Waals surface area contributed by atoms with E-state index in [1.165, 1.54) is 6.33 Å². The van der Waals surface area contributed by atoms with Crippen molar-refractivity contribution in [2.45, 2.75) is 19.8 Å². The van der Waals surface area contributed by atoms with Crippen molar-refractivity contribution in [3.05, 3.63) is 36.2 Å². The van der Waals surface area contributed by atoms with E-state index in [4.69, 9.17) is 10.5 Å². The van der Waals surface area contributed by atoms with Crippen molar-refractivity contribution < 1.29 is 4.74 Å². The summed E-state index contributed by atoms with van der Waals surface area (Å²) >= 11 is 0. The molecule has 0 aliphatic rings. The predicted octanol–water partition coefficient (Wildman–Crippen LogP) is 2.76. The Hall–Kier alpha value is -2.30. The van der Waals surface area contributed by atoms with Crippen LogP contribution in [0.1, 0.15) is 18.9 Å². The normalized spacial score (nSPS) is 10.2. The van der Waals surface area contributed by atoms with Crippen LogP contribution in [0, 0.1) is 0 Å². The number of hydrogen-bond acceptors (Lipinski definition) is 5. The molecule has 5 heteroatoms. The summed E-state index contributed by atoms with van der Waals surface area (Å²) in [6.07, 6.45) is 3.32. The SMILES string of the molecule is CCCc1c(N)ncnc1Nc1ccc(OC)cc1. The topological polar surface area (TPSA) is 73.1 Å². The van der Waals surface area contributed by atoms with Gasteiger partial charge in [0.15, 0.2) is 0 Å². The van der Waals surface area contributed by atoms with Crippen LogP contribution in [0.15, 0.2) is 30.6 Å². The maximum atomic E-state index is 5.90. The lowest BCUT2D eigenvalue weighted by molar-refractivity contribution is 0.415. The summed E-state index contributed by atoms with van der Waals surface area (Å²) in [5, 5.41) is 3.26. The van der Waals surface area contributed by atoms with E-state index in [1.807, 2.05) is 24.3 Å². The lowest BCUT2D eigenvalue weighted by atomic mass is 10.1. The van der Waals surface area contributed by atoms with E-state index in [0.717, 1.165) is 35.7 Å². The molecule has 5 nitrogen and oxygen atoms in total. The Balaban J connectivity index is 2.24. The standard InChI is InChI=1S/C14H18N4O/c1-3-4-12-13(15)16-9-17-14(12)18-10-5-7-11(19-2)8-6-10/h5-9H,3-4H2,1-2H3,(H3,15,16,17,18). The third-order valence-electron chi connectivity index (χ3n) is 2.83. The van der Waals surface area contributed by atoms with Crippen molar-refractivity contribution >= 4 is 17.3 Å². The van der Waals surface area contributed by atoms with Crippen LogP contribution in [0.4, 0.5) is 17.3 Å². The lowest BCUT2D eigenvalue weighted by Gasteiger charge is -2.12. The van der Waals surface area contributed by atoms with E-state index in [-0.39, 0.29) is 0 Å². The Kier molecular flexibility index (Phi) is 4.18. The molecule has 2 aromatic rings. The molecule has 0 saturated heterocycles. The fourth-order valence-electron chi connectivity index (χ4n) is 1.84. The van der Waals surface area contributed by atoms with Crippen molar-refractivity contribution in [1.82, 2.24) is 9.97 Å². The highest BCUT2D eigenvalue weighted by atomic mass is 16.5. The van der Waals surface area contributed by atoms with Crippen LogP contribution in [-0.2, 0) is 6.42 Å². The third kappa shape index (κ3) is 3.13. The number of benzene rings is 1. The van der Waals surface area contributed by atoms with Gasteiger partial charge in [-0.15, -0.1) is 0 Å². The molecule has 0 radical (unpaired) electrons. The zero-order chi connectivity index (χ0) is 13.7. The summed E-state index contributed by atoms with van der Waals surface area (Å²) in [4.78, 5) is 8.30. The van der Waals surface area contributed by atoms with Crippen LogP contribution in [0.2, 0.25) is 0 Å². The van der Waals surface area contributed by atoms with Crippen molar-refractivity contribution in [3.8, 4) is 5.75 Å². The monoisotopic (exact) mass is 258 g/mol. The molecule has 19 heavy (non-hydrogen) atoms. The van der Waals surface area contributed by atoms with E-state index in [0.29, 0.717) is 5.82 Å². The van der Waals surface area contributed by atoms with Crippen LogP contribution in [0.5, 0.6) is 5.75 Å². The molecule has 1 aromatic heterocycles. The Bertz CT molecular complexity index is 540. The Morgan fingerprint density at radius 1 is 1.21 bits per heavy atom. The zero-order valence-electron chi connectivity index (χ0n) is 11.2. The third-order valence-corrected chi connectivity index (χ3v) is 2.83. The highest BCUT2D eigenvalue weighted by molar-refractivity contribution is 5.64. The second-order valence-electron chi connectivity index (χ2n) is 4.19. The van der Waals surface area contributed by atoms with Crippen molar-refractivity contribution in [2.24, 2.45) is 0 Å². The quantitative estimate of drug-likeness (QED) is 0.862. The molecule has 1 aromatic carbocycles. The summed E-state index contributed by atoms with van der Waals surface area (Å²) in [5.41, 5.74) is 7.80. The van der Waals surface area contributed by atoms with Crippen LogP contribution >= 0.6 is 0 Å². The largest absolute Gasteiger partial charge is 0.497 e. The minimum absolute atomic E-state index is 0.535. The zero-order valence-corrected chi connectivity index (χ0v) is 11.2. The Morgan fingerprint density at radius 3 is 2.58 bits per heavy atom. The van der Waals surface area contributed by atoms with Crippen LogP contribution in [0.25, 0.3) is 0 Å². The van der Waals surface area contributed by atoms with Crippen LogP contribution in [0.3, 0.4) is 0 Å². The smallest absolute Gasteiger partial charge is 0.139 e. The molecule has 1 heterocycles. The van der Waals surface area contributed by atoms with Crippen LogP contribution < -0.4 is 15.8 Å². The maximum Gasteiger partial charge on any atom is 0.139 e. The van der Waals surface area contributed by atoms with Gasteiger partial charge in [0.1, 0.15) is 23.7 Å². The molecule has 0 amide bonds. The first-order chi connectivity index (χ1) is 9.24. The average molecular weight is 258 g/mol. The van der Waals surface area contributed by atoms with Gasteiger partial charge in [-0.25, -0.2) is 9.97 Å². The molecular formula is C14H18N4O. The summed E-state index contributed by atoms with van der Waals surface area (Å²) in [6, 6.07) is 7.67. The van der Waals surface area contributed by atoms with E-state index < -0.39 is 0 Å². The maximum absolute atomic E-state index is 5.90.